The largest absolute Gasteiger partial charge is 0.207 e. The molecule has 2 aromatic carbocycles. The highest BCUT2D eigenvalue weighted by atomic mass is 35.5. The summed E-state index contributed by atoms with van der Waals surface area (Å²) in [4.78, 5) is 0.692. The molecule has 0 spiro atoms. The number of rotatable bonds is 1. The van der Waals surface area contributed by atoms with Gasteiger partial charge in [-0.05, 0) is 23.8 Å². The standard InChI is InChI=1S/C12H7ClF2S/c13-10-5-8(14)6-11(15)12(10)7-2-1-3-9(16)4-7/h1-6,16H. The summed E-state index contributed by atoms with van der Waals surface area (Å²) < 4.78 is 26.4. The van der Waals surface area contributed by atoms with Gasteiger partial charge in [0.25, 0.3) is 0 Å². The fourth-order valence-electron chi connectivity index (χ4n) is 1.48. The average molecular weight is 257 g/mol. The summed E-state index contributed by atoms with van der Waals surface area (Å²) in [6.07, 6.45) is 0. The molecule has 0 radical (unpaired) electrons. The lowest BCUT2D eigenvalue weighted by Crippen LogP contribution is -1.88. The second-order valence-electron chi connectivity index (χ2n) is 3.29. The molecule has 0 saturated heterocycles. The maximum Gasteiger partial charge on any atom is 0.135 e. The molecule has 0 saturated carbocycles. The highest BCUT2D eigenvalue weighted by Gasteiger charge is 2.11. The van der Waals surface area contributed by atoms with Crippen LogP contribution in [-0.4, -0.2) is 0 Å². The SMILES string of the molecule is Fc1cc(F)c(-c2cccc(S)c2)c(Cl)c1. The van der Waals surface area contributed by atoms with Gasteiger partial charge in [-0.25, -0.2) is 8.78 Å². The molecule has 0 aromatic heterocycles. The Bertz CT molecular complexity index is 517. The van der Waals surface area contributed by atoms with Crippen molar-refractivity contribution in [2.24, 2.45) is 0 Å². The molecule has 0 aliphatic heterocycles. The third-order valence-electron chi connectivity index (χ3n) is 2.14. The minimum absolute atomic E-state index is 0.0523. The van der Waals surface area contributed by atoms with Gasteiger partial charge in [-0.2, -0.15) is 0 Å². The van der Waals surface area contributed by atoms with Crippen LogP contribution < -0.4 is 0 Å². The van der Waals surface area contributed by atoms with Crippen molar-refractivity contribution in [1.29, 1.82) is 0 Å². The van der Waals surface area contributed by atoms with Gasteiger partial charge in [0.1, 0.15) is 11.6 Å². The minimum atomic E-state index is -0.687. The molecule has 2 rings (SSSR count). The highest BCUT2D eigenvalue weighted by molar-refractivity contribution is 7.80. The maximum absolute atomic E-state index is 13.6. The van der Waals surface area contributed by atoms with Gasteiger partial charge >= 0.3 is 0 Å². The Hall–Kier alpha value is -1.06. The van der Waals surface area contributed by atoms with E-state index in [0.717, 1.165) is 12.1 Å². The van der Waals surface area contributed by atoms with E-state index < -0.39 is 11.6 Å². The van der Waals surface area contributed by atoms with Crippen LogP contribution in [0.25, 0.3) is 11.1 Å². The zero-order valence-electron chi connectivity index (χ0n) is 8.05. The highest BCUT2D eigenvalue weighted by Crippen LogP contribution is 2.32. The molecule has 0 fully saturated rings. The zero-order valence-corrected chi connectivity index (χ0v) is 9.70. The van der Waals surface area contributed by atoms with E-state index in [1.807, 2.05) is 0 Å². The molecule has 0 bridgehead atoms. The van der Waals surface area contributed by atoms with Gasteiger partial charge in [0.05, 0.1) is 5.02 Å². The number of hydrogen-bond donors (Lipinski definition) is 1. The fraction of sp³-hybridized carbons (Fsp3) is 0. The average Bonchev–Trinajstić information content (AvgIpc) is 2.15. The van der Waals surface area contributed by atoms with Gasteiger partial charge in [0, 0.05) is 16.5 Å². The van der Waals surface area contributed by atoms with Crippen molar-refractivity contribution in [3.63, 3.8) is 0 Å². The van der Waals surface area contributed by atoms with Gasteiger partial charge < -0.3 is 0 Å². The Morgan fingerprint density at radius 2 is 1.81 bits per heavy atom. The summed E-state index contributed by atoms with van der Waals surface area (Å²) in [5, 5.41) is 0.0523. The Labute approximate surface area is 102 Å². The van der Waals surface area contributed by atoms with Crippen molar-refractivity contribution in [1.82, 2.24) is 0 Å². The molecule has 0 aliphatic carbocycles. The van der Waals surface area contributed by atoms with E-state index in [9.17, 15) is 8.78 Å². The van der Waals surface area contributed by atoms with Crippen LogP contribution in [0.3, 0.4) is 0 Å². The zero-order chi connectivity index (χ0) is 11.7. The van der Waals surface area contributed by atoms with Gasteiger partial charge in [0.15, 0.2) is 0 Å². The maximum atomic E-state index is 13.6. The van der Waals surface area contributed by atoms with Gasteiger partial charge in [-0.15, -0.1) is 12.6 Å². The van der Waals surface area contributed by atoms with Crippen LogP contribution in [0.5, 0.6) is 0 Å². The van der Waals surface area contributed by atoms with Gasteiger partial charge in [0.2, 0.25) is 0 Å². The Morgan fingerprint density at radius 3 is 2.44 bits per heavy atom. The second-order valence-corrected chi connectivity index (χ2v) is 4.22. The monoisotopic (exact) mass is 256 g/mol. The predicted molar refractivity (Wildman–Crippen MR) is 64.1 cm³/mol. The van der Waals surface area contributed by atoms with E-state index in [1.54, 1.807) is 24.3 Å². The van der Waals surface area contributed by atoms with Crippen LogP contribution >= 0.6 is 24.2 Å². The summed E-state index contributed by atoms with van der Waals surface area (Å²) in [6.45, 7) is 0. The molecule has 0 atom stereocenters. The molecule has 0 unspecified atom stereocenters. The quantitative estimate of drug-likeness (QED) is 0.710. The normalized spacial score (nSPS) is 10.5. The number of halogens is 3. The second kappa shape index (κ2) is 4.44. The van der Waals surface area contributed by atoms with Crippen molar-refractivity contribution >= 4 is 24.2 Å². The van der Waals surface area contributed by atoms with Crippen LogP contribution in [0.1, 0.15) is 0 Å². The van der Waals surface area contributed by atoms with Crippen molar-refractivity contribution < 1.29 is 8.78 Å². The lowest BCUT2D eigenvalue weighted by Gasteiger charge is -2.07. The van der Waals surface area contributed by atoms with Crippen LogP contribution in [-0.2, 0) is 0 Å². The first kappa shape index (κ1) is 11.4. The molecule has 4 heteroatoms. The van der Waals surface area contributed by atoms with Gasteiger partial charge in [-0.1, -0.05) is 23.7 Å². The van der Waals surface area contributed by atoms with Crippen molar-refractivity contribution in [3.8, 4) is 11.1 Å². The van der Waals surface area contributed by atoms with E-state index in [1.165, 1.54) is 0 Å². The van der Waals surface area contributed by atoms with Crippen LogP contribution in [0.4, 0.5) is 8.78 Å². The third-order valence-corrected chi connectivity index (χ3v) is 2.72. The van der Waals surface area contributed by atoms with Crippen molar-refractivity contribution in [3.05, 3.63) is 53.1 Å². The number of benzene rings is 2. The number of thiol groups is 1. The summed E-state index contributed by atoms with van der Waals surface area (Å²) in [5.41, 5.74) is 0.772. The van der Waals surface area contributed by atoms with Crippen LogP contribution in [0, 0.1) is 11.6 Å². The van der Waals surface area contributed by atoms with Crippen LogP contribution in [0.2, 0.25) is 5.02 Å². The molecule has 0 aliphatic rings. The van der Waals surface area contributed by atoms with Gasteiger partial charge in [-0.3, -0.25) is 0 Å². The van der Waals surface area contributed by atoms with E-state index in [4.69, 9.17) is 11.6 Å². The summed E-state index contributed by atoms with van der Waals surface area (Å²) in [7, 11) is 0. The van der Waals surface area contributed by atoms with E-state index in [0.29, 0.717) is 10.5 Å². The molecule has 2 aromatic rings. The van der Waals surface area contributed by atoms with E-state index >= 15 is 0 Å². The lowest BCUT2D eigenvalue weighted by atomic mass is 10.1. The lowest BCUT2D eigenvalue weighted by molar-refractivity contribution is 0.585. The van der Waals surface area contributed by atoms with E-state index in [-0.39, 0.29) is 10.6 Å². The first-order valence-electron chi connectivity index (χ1n) is 4.52. The molecule has 82 valence electrons. The molecule has 0 N–H and O–H groups in total. The number of hydrogen-bond acceptors (Lipinski definition) is 1. The third kappa shape index (κ3) is 2.20. The summed E-state index contributed by atoms with van der Waals surface area (Å²) >= 11 is 9.97. The molecular weight excluding hydrogens is 250 g/mol. The summed E-state index contributed by atoms with van der Waals surface area (Å²) in [6, 6.07) is 8.77. The Morgan fingerprint density at radius 1 is 1.06 bits per heavy atom. The fourth-order valence-corrected chi connectivity index (χ4v) is 2.01. The van der Waals surface area contributed by atoms with Crippen molar-refractivity contribution in [2.75, 3.05) is 0 Å². The first-order valence-corrected chi connectivity index (χ1v) is 5.34. The molecular formula is C12H7ClF2S. The van der Waals surface area contributed by atoms with E-state index in [2.05, 4.69) is 12.6 Å². The molecule has 0 nitrogen and oxygen atoms in total. The predicted octanol–water partition coefficient (Wildman–Crippen LogP) is 4.57. The van der Waals surface area contributed by atoms with Crippen molar-refractivity contribution in [2.45, 2.75) is 4.90 Å². The van der Waals surface area contributed by atoms with Crippen LogP contribution in [0.15, 0.2) is 41.3 Å². The smallest absolute Gasteiger partial charge is 0.135 e. The molecule has 16 heavy (non-hydrogen) atoms. The first-order chi connectivity index (χ1) is 7.58. The Balaban J connectivity index is 2.64. The molecule has 0 amide bonds. The summed E-state index contributed by atoms with van der Waals surface area (Å²) in [5.74, 6) is -1.36. The molecule has 0 heterocycles. The minimum Gasteiger partial charge on any atom is -0.207 e. The topological polar surface area (TPSA) is 0 Å². The Kier molecular flexibility index (Phi) is 3.17.